The number of anilines is 1. The van der Waals surface area contributed by atoms with Gasteiger partial charge >= 0.3 is 0 Å². The molecule has 2 aliphatic heterocycles. The Hall–Kier alpha value is -1.99. The summed E-state index contributed by atoms with van der Waals surface area (Å²) in [4.78, 5) is 31.3. The van der Waals surface area contributed by atoms with E-state index in [0.29, 0.717) is 6.42 Å². The second-order valence-corrected chi connectivity index (χ2v) is 6.79. The standard InChI is InChI=1S/C15H16N4O2S/c20-13-9-11(14(21)17-13)18-5-7-19(8-6-18)15-16-10-3-1-2-4-12(10)22-15/h1-4,11H,5-9H2,(H,17,20,21)/p+1/t11-/m1/s1. The highest BCUT2D eigenvalue weighted by molar-refractivity contribution is 7.22. The third-order valence-electron chi connectivity index (χ3n) is 4.42. The number of benzene rings is 1. The van der Waals surface area contributed by atoms with E-state index in [0.717, 1.165) is 36.8 Å². The topological polar surface area (TPSA) is 66.7 Å². The van der Waals surface area contributed by atoms with Crippen molar-refractivity contribution in [1.82, 2.24) is 10.3 Å². The van der Waals surface area contributed by atoms with Crippen molar-refractivity contribution in [3.05, 3.63) is 24.3 Å². The quantitative estimate of drug-likeness (QED) is 0.727. The van der Waals surface area contributed by atoms with E-state index in [1.165, 1.54) is 9.60 Å². The molecule has 1 atom stereocenters. The number of thiazole rings is 1. The third-order valence-corrected chi connectivity index (χ3v) is 5.52. The molecule has 1 aromatic heterocycles. The van der Waals surface area contributed by atoms with Crippen molar-refractivity contribution in [2.75, 3.05) is 31.1 Å². The van der Waals surface area contributed by atoms with Crippen LogP contribution in [0.15, 0.2) is 24.3 Å². The zero-order valence-electron chi connectivity index (χ0n) is 12.0. The van der Waals surface area contributed by atoms with E-state index in [-0.39, 0.29) is 17.9 Å². The Bertz CT molecular complexity index is 703. The van der Waals surface area contributed by atoms with Gasteiger partial charge in [0.15, 0.2) is 11.2 Å². The predicted molar refractivity (Wildman–Crippen MR) is 84.1 cm³/mol. The fourth-order valence-electron chi connectivity index (χ4n) is 3.21. The van der Waals surface area contributed by atoms with Crippen molar-refractivity contribution in [2.45, 2.75) is 12.5 Å². The zero-order valence-corrected chi connectivity index (χ0v) is 12.9. The van der Waals surface area contributed by atoms with Crippen LogP contribution < -0.4 is 15.1 Å². The largest absolute Gasteiger partial charge is 0.337 e. The Morgan fingerprint density at radius 3 is 2.68 bits per heavy atom. The lowest BCUT2D eigenvalue weighted by atomic mass is 10.2. The average Bonchev–Trinajstić information content (AvgIpc) is 3.10. The normalized spacial score (nSPS) is 23.3. The highest BCUT2D eigenvalue weighted by Crippen LogP contribution is 2.28. The maximum Gasteiger partial charge on any atom is 0.285 e. The van der Waals surface area contributed by atoms with Crippen LogP contribution in [0, 0.1) is 0 Å². The maximum atomic E-state index is 11.8. The van der Waals surface area contributed by atoms with Crippen LogP contribution >= 0.6 is 11.3 Å². The molecule has 1 aromatic carbocycles. The fourth-order valence-corrected chi connectivity index (χ4v) is 4.23. The molecule has 0 aliphatic carbocycles. The number of rotatable bonds is 2. The molecule has 2 fully saturated rings. The third kappa shape index (κ3) is 2.36. The molecule has 0 spiro atoms. The van der Waals surface area contributed by atoms with Gasteiger partial charge in [-0.1, -0.05) is 23.5 Å². The average molecular weight is 317 g/mol. The first-order chi connectivity index (χ1) is 10.7. The molecule has 2 amide bonds. The summed E-state index contributed by atoms with van der Waals surface area (Å²) < 4.78 is 1.20. The summed E-state index contributed by atoms with van der Waals surface area (Å²) in [6.07, 6.45) is 0.329. The highest BCUT2D eigenvalue weighted by atomic mass is 32.1. The molecule has 3 heterocycles. The lowest BCUT2D eigenvalue weighted by Crippen LogP contribution is -3.19. The monoisotopic (exact) mass is 317 g/mol. The van der Waals surface area contributed by atoms with Crippen LogP contribution in [-0.2, 0) is 9.59 Å². The first kappa shape index (κ1) is 13.7. The van der Waals surface area contributed by atoms with Crippen molar-refractivity contribution in [3.8, 4) is 0 Å². The van der Waals surface area contributed by atoms with Crippen LogP contribution in [0.2, 0.25) is 0 Å². The number of nitrogens with zero attached hydrogens (tertiary/aromatic N) is 2. The van der Waals surface area contributed by atoms with Crippen molar-refractivity contribution in [1.29, 1.82) is 0 Å². The van der Waals surface area contributed by atoms with Gasteiger partial charge in [-0.25, -0.2) is 4.98 Å². The fraction of sp³-hybridized carbons (Fsp3) is 0.400. The van der Waals surface area contributed by atoms with Crippen LogP contribution in [0.1, 0.15) is 6.42 Å². The van der Waals surface area contributed by atoms with E-state index in [4.69, 9.17) is 0 Å². The Morgan fingerprint density at radius 1 is 1.23 bits per heavy atom. The van der Waals surface area contributed by atoms with Crippen LogP contribution in [0.5, 0.6) is 0 Å². The van der Waals surface area contributed by atoms with Gasteiger partial charge in [-0.3, -0.25) is 14.9 Å². The zero-order chi connectivity index (χ0) is 15.1. The van der Waals surface area contributed by atoms with Crippen LogP contribution in [-0.4, -0.2) is 49.0 Å². The van der Waals surface area contributed by atoms with Crippen LogP contribution in [0.4, 0.5) is 5.13 Å². The second kappa shape index (κ2) is 5.33. The molecule has 22 heavy (non-hydrogen) atoms. The number of piperazine rings is 1. The molecule has 2 N–H and O–H groups in total. The van der Waals surface area contributed by atoms with Crippen LogP contribution in [0.3, 0.4) is 0 Å². The molecule has 4 rings (SSSR count). The van der Waals surface area contributed by atoms with Gasteiger partial charge in [0.1, 0.15) is 0 Å². The minimum atomic E-state index is -0.204. The summed E-state index contributed by atoms with van der Waals surface area (Å²) in [7, 11) is 0. The number of para-hydroxylation sites is 1. The van der Waals surface area contributed by atoms with Gasteiger partial charge in [-0.2, -0.15) is 0 Å². The van der Waals surface area contributed by atoms with Crippen molar-refractivity contribution in [3.63, 3.8) is 0 Å². The molecule has 0 unspecified atom stereocenters. The number of imide groups is 1. The van der Waals surface area contributed by atoms with Gasteiger partial charge in [0, 0.05) is 0 Å². The first-order valence-corrected chi connectivity index (χ1v) is 8.31. The van der Waals surface area contributed by atoms with Gasteiger partial charge in [0.2, 0.25) is 5.91 Å². The lowest BCUT2D eigenvalue weighted by Gasteiger charge is -2.33. The SMILES string of the molecule is O=C1C[C@@H]([NH+]2CCN(c3nc4ccccc4s3)CC2)C(=O)N1. The lowest BCUT2D eigenvalue weighted by molar-refractivity contribution is -0.915. The molecule has 114 valence electrons. The number of aromatic nitrogens is 1. The summed E-state index contributed by atoms with van der Waals surface area (Å²) in [5.41, 5.74) is 1.04. The van der Waals surface area contributed by atoms with Crippen molar-refractivity contribution >= 4 is 38.5 Å². The maximum absolute atomic E-state index is 11.8. The Balaban J connectivity index is 1.45. The van der Waals surface area contributed by atoms with Gasteiger partial charge in [-0.15, -0.1) is 0 Å². The summed E-state index contributed by atoms with van der Waals surface area (Å²) in [5.74, 6) is -0.260. The van der Waals surface area contributed by atoms with Crippen LogP contribution in [0.25, 0.3) is 10.2 Å². The summed E-state index contributed by atoms with van der Waals surface area (Å²) >= 11 is 1.71. The van der Waals surface area contributed by atoms with E-state index >= 15 is 0 Å². The Labute approximate surface area is 131 Å². The molecule has 2 saturated heterocycles. The number of hydrogen-bond donors (Lipinski definition) is 2. The molecule has 7 heteroatoms. The van der Waals surface area contributed by atoms with E-state index in [1.54, 1.807) is 11.3 Å². The molecule has 6 nitrogen and oxygen atoms in total. The second-order valence-electron chi connectivity index (χ2n) is 5.78. The molecule has 0 saturated carbocycles. The Morgan fingerprint density at radius 2 is 2.00 bits per heavy atom. The number of hydrogen-bond acceptors (Lipinski definition) is 5. The predicted octanol–water partition coefficient (Wildman–Crippen LogP) is -0.584. The van der Waals surface area contributed by atoms with Gasteiger partial charge in [0.25, 0.3) is 5.91 Å². The molecular weight excluding hydrogens is 300 g/mol. The highest BCUT2D eigenvalue weighted by Gasteiger charge is 2.40. The molecule has 2 aliphatic rings. The Kier molecular flexibility index (Phi) is 3.31. The minimum Gasteiger partial charge on any atom is -0.337 e. The summed E-state index contributed by atoms with van der Waals surface area (Å²) in [5, 5.41) is 3.45. The number of quaternary nitrogens is 1. The number of carbonyl (C=O) groups excluding carboxylic acids is 2. The van der Waals surface area contributed by atoms with E-state index in [2.05, 4.69) is 21.3 Å². The van der Waals surface area contributed by atoms with Crippen molar-refractivity contribution < 1.29 is 14.5 Å². The number of amides is 2. The summed E-state index contributed by atoms with van der Waals surface area (Å²) in [6, 6.07) is 7.95. The van der Waals surface area contributed by atoms with Crippen molar-refractivity contribution in [2.24, 2.45) is 0 Å². The first-order valence-electron chi connectivity index (χ1n) is 7.49. The molecular formula is C15H17N4O2S+. The molecule has 2 aromatic rings. The number of carbonyl (C=O) groups is 2. The summed E-state index contributed by atoms with van der Waals surface area (Å²) in [6.45, 7) is 3.46. The van der Waals surface area contributed by atoms with E-state index < -0.39 is 0 Å². The van der Waals surface area contributed by atoms with Gasteiger partial charge in [-0.05, 0) is 12.1 Å². The van der Waals surface area contributed by atoms with E-state index in [1.807, 2.05) is 18.2 Å². The number of fused-ring (bicyclic) bond motifs is 1. The van der Waals surface area contributed by atoms with Gasteiger partial charge < -0.3 is 9.80 Å². The van der Waals surface area contributed by atoms with E-state index in [9.17, 15) is 9.59 Å². The molecule has 0 radical (unpaired) electrons. The minimum absolute atomic E-state index is 0.117. The smallest absolute Gasteiger partial charge is 0.285 e. The van der Waals surface area contributed by atoms with Gasteiger partial charge in [0.05, 0.1) is 42.8 Å². The number of nitrogens with one attached hydrogen (secondary N) is 2. The molecule has 0 bridgehead atoms.